The fourth-order valence-electron chi connectivity index (χ4n) is 3.13. The largest absolute Gasteiger partial charge is 0.357 e. The Balaban J connectivity index is 0.00000243. The van der Waals surface area contributed by atoms with Crippen LogP contribution < -0.4 is 10.6 Å². The summed E-state index contributed by atoms with van der Waals surface area (Å²) in [6.07, 6.45) is 4.73. The molecule has 0 spiro atoms. The van der Waals surface area contributed by atoms with Crippen molar-refractivity contribution >= 4 is 29.9 Å². The molecule has 1 aliphatic rings. The lowest BCUT2D eigenvalue weighted by atomic mass is 10.1. The first-order valence-corrected chi connectivity index (χ1v) is 9.25. The Kier molecular flexibility index (Phi) is 8.34. The van der Waals surface area contributed by atoms with Crippen molar-refractivity contribution in [1.82, 2.24) is 25.4 Å². The number of aryl methyl sites for hydroxylation is 2. The molecule has 142 valence electrons. The molecule has 0 atom stereocenters. The summed E-state index contributed by atoms with van der Waals surface area (Å²) >= 11 is 0. The van der Waals surface area contributed by atoms with Crippen LogP contribution in [0, 0.1) is 6.92 Å². The van der Waals surface area contributed by atoms with Crippen molar-refractivity contribution in [3.05, 3.63) is 47.0 Å². The van der Waals surface area contributed by atoms with Crippen LogP contribution in [0.1, 0.15) is 49.0 Å². The third kappa shape index (κ3) is 5.43. The van der Waals surface area contributed by atoms with Crippen LogP contribution in [-0.4, -0.2) is 27.3 Å². The number of nitrogens with one attached hydrogen (secondary N) is 2. The molecule has 0 saturated carbocycles. The molecule has 0 amide bonds. The Morgan fingerprint density at radius 2 is 2.00 bits per heavy atom. The van der Waals surface area contributed by atoms with E-state index in [2.05, 4.69) is 63.5 Å². The Bertz CT molecular complexity index is 725. The van der Waals surface area contributed by atoms with Gasteiger partial charge in [-0.3, -0.25) is 0 Å². The fourth-order valence-corrected chi connectivity index (χ4v) is 3.13. The van der Waals surface area contributed by atoms with Gasteiger partial charge in [-0.1, -0.05) is 30.7 Å². The van der Waals surface area contributed by atoms with E-state index in [-0.39, 0.29) is 24.0 Å². The van der Waals surface area contributed by atoms with Gasteiger partial charge in [0.05, 0.1) is 13.1 Å². The van der Waals surface area contributed by atoms with Gasteiger partial charge in [0, 0.05) is 19.5 Å². The van der Waals surface area contributed by atoms with Gasteiger partial charge in [0.15, 0.2) is 11.8 Å². The molecule has 2 aromatic rings. The highest BCUT2D eigenvalue weighted by atomic mass is 127. The van der Waals surface area contributed by atoms with Crippen molar-refractivity contribution in [3.63, 3.8) is 0 Å². The van der Waals surface area contributed by atoms with E-state index in [0.29, 0.717) is 13.1 Å². The molecule has 0 bridgehead atoms. The second-order valence-corrected chi connectivity index (χ2v) is 6.47. The van der Waals surface area contributed by atoms with Gasteiger partial charge in [-0.25, -0.2) is 4.99 Å². The summed E-state index contributed by atoms with van der Waals surface area (Å²) in [5.41, 5.74) is 2.51. The number of aliphatic imine (C=N–C) groups is 1. The number of hydrogen-bond acceptors (Lipinski definition) is 3. The standard InChI is InChI=1S/C19H28N6.HI/c1-3-20-19(21-13-16-10-7-6-9-15(16)2)22-14-18-24-23-17-11-5-4-8-12-25(17)18;/h6-7,9-10H,3-5,8,11-14H2,1-2H3,(H2,20,21,22);1H. The minimum Gasteiger partial charge on any atom is -0.357 e. The quantitative estimate of drug-likeness (QED) is 0.402. The van der Waals surface area contributed by atoms with Crippen LogP contribution in [0.25, 0.3) is 0 Å². The SMILES string of the molecule is CCNC(=NCc1ccccc1C)NCc1nnc2n1CCCCC2.I. The molecule has 26 heavy (non-hydrogen) atoms. The molecule has 2 N–H and O–H groups in total. The molecule has 1 aliphatic heterocycles. The number of rotatable bonds is 5. The van der Waals surface area contributed by atoms with Crippen LogP contribution >= 0.6 is 24.0 Å². The van der Waals surface area contributed by atoms with Gasteiger partial charge < -0.3 is 15.2 Å². The maximum Gasteiger partial charge on any atom is 0.191 e. The highest BCUT2D eigenvalue weighted by molar-refractivity contribution is 14.0. The van der Waals surface area contributed by atoms with Gasteiger partial charge in [-0.05, 0) is 37.8 Å². The fraction of sp³-hybridized carbons (Fsp3) is 0.526. The number of hydrogen-bond donors (Lipinski definition) is 2. The third-order valence-corrected chi connectivity index (χ3v) is 4.61. The van der Waals surface area contributed by atoms with Crippen molar-refractivity contribution in [2.45, 2.75) is 59.2 Å². The van der Waals surface area contributed by atoms with Crippen LogP contribution in [0.2, 0.25) is 0 Å². The lowest BCUT2D eigenvalue weighted by molar-refractivity contribution is 0.596. The van der Waals surface area contributed by atoms with Gasteiger partial charge in [0.1, 0.15) is 5.82 Å². The topological polar surface area (TPSA) is 67.1 Å². The van der Waals surface area contributed by atoms with Crippen LogP contribution in [0.3, 0.4) is 0 Å². The number of aromatic nitrogens is 3. The summed E-state index contributed by atoms with van der Waals surface area (Å²) in [5, 5.41) is 15.4. The molecule has 0 radical (unpaired) electrons. The molecular weight excluding hydrogens is 439 g/mol. The Labute approximate surface area is 172 Å². The normalized spacial score (nSPS) is 14.2. The third-order valence-electron chi connectivity index (χ3n) is 4.61. The Hall–Kier alpha value is -1.64. The molecule has 1 aromatic carbocycles. The summed E-state index contributed by atoms with van der Waals surface area (Å²) in [6.45, 7) is 7.37. The average Bonchev–Trinajstić information content (AvgIpc) is 2.85. The van der Waals surface area contributed by atoms with Crippen molar-refractivity contribution < 1.29 is 0 Å². The van der Waals surface area contributed by atoms with E-state index in [0.717, 1.165) is 37.1 Å². The van der Waals surface area contributed by atoms with Gasteiger partial charge in [0.2, 0.25) is 0 Å². The van der Waals surface area contributed by atoms with Crippen LogP contribution in [0.15, 0.2) is 29.3 Å². The van der Waals surface area contributed by atoms with Crippen molar-refractivity contribution in [1.29, 1.82) is 0 Å². The maximum absolute atomic E-state index is 4.71. The number of guanidine groups is 1. The molecular formula is C19H29IN6. The van der Waals surface area contributed by atoms with Crippen LogP contribution in [-0.2, 0) is 26.1 Å². The molecule has 1 aromatic heterocycles. The van der Waals surface area contributed by atoms with E-state index < -0.39 is 0 Å². The predicted octanol–water partition coefficient (Wildman–Crippen LogP) is 3.19. The monoisotopic (exact) mass is 468 g/mol. The summed E-state index contributed by atoms with van der Waals surface area (Å²) in [7, 11) is 0. The molecule has 3 rings (SSSR count). The minimum atomic E-state index is 0. The van der Waals surface area contributed by atoms with E-state index in [9.17, 15) is 0 Å². The molecule has 2 heterocycles. The number of fused-ring (bicyclic) bond motifs is 1. The maximum atomic E-state index is 4.71. The van der Waals surface area contributed by atoms with Crippen molar-refractivity contribution in [3.8, 4) is 0 Å². The second-order valence-electron chi connectivity index (χ2n) is 6.47. The average molecular weight is 468 g/mol. The summed E-state index contributed by atoms with van der Waals surface area (Å²) in [5.74, 6) is 2.94. The minimum absolute atomic E-state index is 0. The molecule has 7 heteroatoms. The van der Waals surface area contributed by atoms with Crippen molar-refractivity contribution in [2.75, 3.05) is 6.54 Å². The summed E-state index contributed by atoms with van der Waals surface area (Å²) in [4.78, 5) is 4.71. The van der Waals surface area contributed by atoms with Crippen molar-refractivity contribution in [2.24, 2.45) is 4.99 Å². The zero-order valence-corrected chi connectivity index (χ0v) is 18.0. The van der Waals surface area contributed by atoms with Crippen LogP contribution in [0.5, 0.6) is 0 Å². The van der Waals surface area contributed by atoms with E-state index >= 15 is 0 Å². The number of halogens is 1. The van der Waals surface area contributed by atoms with E-state index in [4.69, 9.17) is 4.99 Å². The Morgan fingerprint density at radius 1 is 1.15 bits per heavy atom. The first kappa shape index (κ1) is 20.7. The van der Waals surface area contributed by atoms with Gasteiger partial charge in [0.25, 0.3) is 0 Å². The first-order chi connectivity index (χ1) is 12.3. The smallest absolute Gasteiger partial charge is 0.191 e. The molecule has 0 unspecified atom stereocenters. The second kappa shape index (κ2) is 10.5. The van der Waals surface area contributed by atoms with E-state index in [1.807, 2.05) is 0 Å². The van der Waals surface area contributed by atoms with Gasteiger partial charge in [-0.2, -0.15) is 0 Å². The molecule has 6 nitrogen and oxygen atoms in total. The first-order valence-electron chi connectivity index (χ1n) is 9.25. The number of benzene rings is 1. The van der Waals surface area contributed by atoms with Crippen LogP contribution in [0.4, 0.5) is 0 Å². The Morgan fingerprint density at radius 3 is 2.81 bits per heavy atom. The van der Waals surface area contributed by atoms with Gasteiger partial charge in [-0.15, -0.1) is 34.2 Å². The lowest BCUT2D eigenvalue weighted by Gasteiger charge is -2.12. The summed E-state index contributed by atoms with van der Waals surface area (Å²) < 4.78 is 2.27. The summed E-state index contributed by atoms with van der Waals surface area (Å²) in [6, 6.07) is 8.37. The molecule has 0 fully saturated rings. The van der Waals surface area contributed by atoms with E-state index in [1.54, 1.807) is 0 Å². The molecule has 0 saturated heterocycles. The van der Waals surface area contributed by atoms with E-state index in [1.165, 1.54) is 30.4 Å². The number of nitrogens with zero attached hydrogens (tertiary/aromatic N) is 4. The highest BCUT2D eigenvalue weighted by Crippen LogP contribution is 2.14. The van der Waals surface area contributed by atoms with Gasteiger partial charge >= 0.3 is 0 Å². The highest BCUT2D eigenvalue weighted by Gasteiger charge is 2.14. The lowest BCUT2D eigenvalue weighted by Crippen LogP contribution is -2.37. The molecule has 0 aliphatic carbocycles. The zero-order valence-electron chi connectivity index (χ0n) is 15.7. The predicted molar refractivity (Wildman–Crippen MR) is 116 cm³/mol. The zero-order chi connectivity index (χ0) is 17.5.